The van der Waals surface area contributed by atoms with Gasteiger partial charge in [0.05, 0.1) is 20.1 Å². The number of hydrogen-bond donors (Lipinski definition) is 4. The molecular weight excluding hydrogens is 364 g/mol. The van der Waals surface area contributed by atoms with Gasteiger partial charge in [0, 0.05) is 0 Å². The molecule has 3 rings (SSSR count). The van der Waals surface area contributed by atoms with Gasteiger partial charge < -0.3 is 29.9 Å². The molecule has 4 N–H and O–H groups in total. The normalized spacial score (nSPS) is 27.4. The minimum Gasteiger partial charge on any atom is -0.469 e. The maximum Gasteiger partial charge on any atom is 0.309 e. The summed E-state index contributed by atoms with van der Waals surface area (Å²) in [5.74, 6) is -0.350. The molecule has 0 unspecified atom stereocenters. The first kappa shape index (κ1) is 20.4. The van der Waals surface area contributed by atoms with Crippen molar-refractivity contribution in [2.75, 3.05) is 13.7 Å². The van der Waals surface area contributed by atoms with E-state index in [0.29, 0.717) is 5.56 Å². The summed E-state index contributed by atoms with van der Waals surface area (Å²) in [6.07, 6.45) is -5.96. The predicted octanol–water partition coefficient (Wildman–Crippen LogP) is 0.584. The Labute approximate surface area is 162 Å². The van der Waals surface area contributed by atoms with E-state index in [9.17, 15) is 25.2 Å². The third kappa shape index (κ3) is 4.09. The Morgan fingerprint density at radius 2 is 1.79 bits per heavy atom. The Morgan fingerprint density at radius 1 is 1.04 bits per heavy atom. The van der Waals surface area contributed by atoms with Crippen LogP contribution >= 0.6 is 0 Å². The molecule has 0 radical (unpaired) electrons. The topological polar surface area (TPSA) is 116 Å². The number of rotatable bonds is 5. The first-order chi connectivity index (χ1) is 13.5. The highest BCUT2D eigenvalue weighted by molar-refractivity contribution is 5.78. The smallest absolute Gasteiger partial charge is 0.309 e. The molecule has 7 heteroatoms. The van der Waals surface area contributed by atoms with Gasteiger partial charge in [-0.05, 0) is 28.3 Å². The molecule has 5 atom stereocenters. The number of aliphatic hydroxyl groups excluding tert-OH is 4. The third-order valence-electron chi connectivity index (χ3n) is 5.00. The van der Waals surface area contributed by atoms with Crippen LogP contribution in [0.2, 0.25) is 0 Å². The molecule has 0 amide bonds. The largest absolute Gasteiger partial charge is 0.469 e. The molecular formula is C21H24O7. The number of carbonyl (C=O) groups is 1. The first-order valence-electron chi connectivity index (χ1n) is 9.01. The highest BCUT2D eigenvalue weighted by Gasteiger charge is 2.43. The predicted molar refractivity (Wildman–Crippen MR) is 100 cm³/mol. The molecule has 150 valence electrons. The number of carbonyl (C=O) groups excluding carboxylic acids is 1. The standard InChI is InChI=1S/C21H24O7/c1-27-17(23)10-13-5-2-3-8-15(13)12-6-4-7-14(9-12)21-20(26)19(25)18(24)16(11-22)28-21/h2-9,16,18-22,24-26H,10-11H2,1H3/t16-,18-,19+,20+,21-/m1/s1. The quantitative estimate of drug-likeness (QED) is 0.554. The second-order valence-corrected chi connectivity index (χ2v) is 6.79. The molecule has 1 aliphatic rings. The average Bonchev–Trinajstić information content (AvgIpc) is 2.72. The average molecular weight is 388 g/mol. The van der Waals surface area contributed by atoms with Crippen molar-refractivity contribution in [3.8, 4) is 11.1 Å². The van der Waals surface area contributed by atoms with Gasteiger partial charge in [-0.1, -0.05) is 42.5 Å². The molecule has 0 saturated carbocycles. The summed E-state index contributed by atoms with van der Waals surface area (Å²) in [6.45, 7) is -0.483. The maximum absolute atomic E-state index is 11.7. The molecule has 2 aromatic rings. The monoisotopic (exact) mass is 388 g/mol. The maximum atomic E-state index is 11.7. The van der Waals surface area contributed by atoms with Crippen LogP contribution in [0.5, 0.6) is 0 Å². The molecule has 1 fully saturated rings. The van der Waals surface area contributed by atoms with Gasteiger partial charge >= 0.3 is 5.97 Å². The van der Waals surface area contributed by atoms with Crippen LogP contribution in [0.25, 0.3) is 11.1 Å². The fourth-order valence-corrected chi connectivity index (χ4v) is 3.44. The third-order valence-corrected chi connectivity index (χ3v) is 5.00. The van der Waals surface area contributed by atoms with Crippen LogP contribution in [-0.4, -0.2) is 64.5 Å². The molecule has 0 spiro atoms. The van der Waals surface area contributed by atoms with Crippen molar-refractivity contribution in [2.24, 2.45) is 0 Å². The summed E-state index contributed by atoms with van der Waals surface area (Å²) < 4.78 is 10.4. The molecule has 0 aliphatic carbocycles. The number of hydrogen-bond acceptors (Lipinski definition) is 7. The Bertz CT molecular complexity index is 820. The van der Waals surface area contributed by atoms with Crippen LogP contribution in [0.1, 0.15) is 17.2 Å². The van der Waals surface area contributed by atoms with Crippen LogP contribution in [0.15, 0.2) is 48.5 Å². The molecule has 7 nitrogen and oxygen atoms in total. The van der Waals surface area contributed by atoms with Crippen LogP contribution in [-0.2, 0) is 20.7 Å². The zero-order valence-electron chi connectivity index (χ0n) is 15.4. The van der Waals surface area contributed by atoms with Gasteiger partial charge in [0.25, 0.3) is 0 Å². The fraction of sp³-hybridized carbons (Fsp3) is 0.381. The molecule has 1 aliphatic heterocycles. The van der Waals surface area contributed by atoms with E-state index >= 15 is 0 Å². The molecule has 0 bridgehead atoms. The first-order valence-corrected chi connectivity index (χ1v) is 9.01. The van der Waals surface area contributed by atoms with Crippen LogP contribution in [0, 0.1) is 0 Å². The Morgan fingerprint density at radius 3 is 2.50 bits per heavy atom. The zero-order chi connectivity index (χ0) is 20.3. The van der Waals surface area contributed by atoms with Crippen molar-refractivity contribution in [2.45, 2.75) is 36.9 Å². The van der Waals surface area contributed by atoms with Gasteiger partial charge in [-0.3, -0.25) is 4.79 Å². The lowest BCUT2D eigenvalue weighted by Crippen LogP contribution is -2.55. The molecule has 0 aromatic heterocycles. The van der Waals surface area contributed by atoms with Gasteiger partial charge in [-0.2, -0.15) is 0 Å². The fourth-order valence-electron chi connectivity index (χ4n) is 3.44. The van der Waals surface area contributed by atoms with Gasteiger partial charge in [-0.25, -0.2) is 0 Å². The van der Waals surface area contributed by atoms with Crippen molar-refractivity contribution in [1.29, 1.82) is 0 Å². The SMILES string of the molecule is COC(=O)Cc1ccccc1-c1cccc([C@H]2O[C@H](CO)[C@@H](O)[C@H](O)[C@@H]2O)c1. The van der Waals surface area contributed by atoms with Crippen LogP contribution < -0.4 is 0 Å². The number of methoxy groups -OCH3 is 1. The van der Waals surface area contributed by atoms with Crippen molar-refractivity contribution >= 4 is 5.97 Å². The molecule has 1 saturated heterocycles. The van der Waals surface area contributed by atoms with E-state index in [1.165, 1.54) is 7.11 Å². The lowest BCUT2D eigenvalue weighted by Gasteiger charge is -2.40. The molecule has 2 aromatic carbocycles. The summed E-state index contributed by atoms with van der Waals surface area (Å²) >= 11 is 0. The summed E-state index contributed by atoms with van der Waals surface area (Å²) in [7, 11) is 1.34. The van der Waals surface area contributed by atoms with Gasteiger partial charge in [0.2, 0.25) is 0 Å². The highest BCUT2D eigenvalue weighted by atomic mass is 16.5. The van der Waals surface area contributed by atoms with E-state index < -0.39 is 37.1 Å². The van der Waals surface area contributed by atoms with Gasteiger partial charge in [0.15, 0.2) is 0 Å². The lowest BCUT2D eigenvalue weighted by atomic mass is 9.89. The Kier molecular flexibility index (Phi) is 6.43. The number of aliphatic hydroxyl groups is 4. The van der Waals surface area contributed by atoms with E-state index in [-0.39, 0.29) is 12.4 Å². The van der Waals surface area contributed by atoms with E-state index in [4.69, 9.17) is 9.47 Å². The number of benzene rings is 2. The van der Waals surface area contributed by atoms with Crippen LogP contribution in [0.3, 0.4) is 0 Å². The van der Waals surface area contributed by atoms with E-state index in [1.54, 1.807) is 18.2 Å². The van der Waals surface area contributed by atoms with E-state index in [2.05, 4.69) is 0 Å². The van der Waals surface area contributed by atoms with E-state index in [1.807, 2.05) is 30.3 Å². The lowest BCUT2D eigenvalue weighted by molar-refractivity contribution is -0.231. The zero-order valence-corrected chi connectivity index (χ0v) is 15.4. The molecule has 1 heterocycles. The second kappa shape index (κ2) is 8.81. The van der Waals surface area contributed by atoms with Crippen molar-refractivity contribution in [3.05, 3.63) is 59.7 Å². The molecule has 28 heavy (non-hydrogen) atoms. The Balaban J connectivity index is 1.94. The Hall–Kier alpha value is -2.29. The second-order valence-electron chi connectivity index (χ2n) is 6.79. The van der Waals surface area contributed by atoms with Crippen molar-refractivity contribution in [3.63, 3.8) is 0 Å². The van der Waals surface area contributed by atoms with E-state index in [0.717, 1.165) is 16.7 Å². The number of ether oxygens (including phenoxy) is 2. The number of esters is 1. The minimum absolute atomic E-state index is 0.122. The minimum atomic E-state index is -1.44. The highest BCUT2D eigenvalue weighted by Crippen LogP contribution is 2.34. The van der Waals surface area contributed by atoms with Crippen molar-refractivity contribution < 1.29 is 34.7 Å². The summed E-state index contributed by atoms with van der Waals surface area (Å²) in [6, 6.07) is 14.6. The summed E-state index contributed by atoms with van der Waals surface area (Å²) in [5.41, 5.74) is 3.01. The van der Waals surface area contributed by atoms with Gasteiger partial charge in [-0.15, -0.1) is 0 Å². The summed E-state index contributed by atoms with van der Waals surface area (Å²) in [4.78, 5) is 11.7. The van der Waals surface area contributed by atoms with Crippen molar-refractivity contribution in [1.82, 2.24) is 0 Å². The van der Waals surface area contributed by atoms with Crippen LogP contribution in [0.4, 0.5) is 0 Å². The summed E-state index contributed by atoms with van der Waals surface area (Å²) in [5, 5.41) is 39.8. The van der Waals surface area contributed by atoms with Gasteiger partial charge in [0.1, 0.15) is 30.5 Å².